The van der Waals surface area contributed by atoms with E-state index in [-0.39, 0.29) is 11.7 Å². The second-order valence-electron chi connectivity index (χ2n) is 5.23. The summed E-state index contributed by atoms with van der Waals surface area (Å²) in [6, 6.07) is 9.83. The Morgan fingerprint density at radius 1 is 1.38 bits per heavy atom. The highest BCUT2D eigenvalue weighted by Crippen LogP contribution is 2.26. The van der Waals surface area contributed by atoms with E-state index < -0.39 is 0 Å². The Bertz CT molecular complexity index is 959. The van der Waals surface area contributed by atoms with Crippen molar-refractivity contribution in [2.45, 2.75) is 18.9 Å². The molecule has 0 spiro atoms. The lowest BCUT2D eigenvalue weighted by molar-refractivity contribution is -0.113. The molecule has 1 aromatic carbocycles. The number of hydrogen-bond acceptors (Lipinski definition) is 6. The Morgan fingerprint density at radius 2 is 2.21 bits per heavy atom. The average molecular weight is 354 g/mol. The Kier molecular flexibility index (Phi) is 4.79. The Hall–Kier alpha value is -2.43. The summed E-state index contributed by atoms with van der Waals surface area (Å²) in [6.07, 6.45) is 0. The molecule has 0 atom stereocenters. The molecule has 2 heterocycles. The smallest absolute Gasteiger partial charge is 0.236 e. The fourth-order valence-corrected chi connectivity index (χ4v) is 3.68. The van der Waals surface area contributed by atoms with Crippen LogP contribution in [-0.2, 0) is 4.79 Å². The van der Waals surface area contributed by atoms with E-state index >= 15 is 0 Å². The molecule has 24 heavy (non-hydrogen) atoms. The number of anilines is 1. The lowest BCUT2D eigenvalue weighted by Gasteiger charge is -2.07. The van der Waals surface area contributed by atoms with Gasteiger partial charge < -0.3 is 5.32 Å². The number of carbonyl (C=O) groups excluding carboxylic acids is 1. The van der Waals surface area contributed by atoms with Gasteiger partial charge in [0.25, 0.3) is 0 Å². The van der Waals surface area contributed by atoms with Crippen molar-refractivity contribution in [3.05, 3.63) is 46.5 Å². The normalized spacial score (nSPS) is 10.5. The van der Waals surface area contributed by atoms with E-state index in [0.717, 1.165) is 22.2 Å². The third kappa shape index (κ3) is 3.55. The van der Waals surface area contributed by atoms with Crippen LogP contribution in [0, 0.1) is 25.2 Å². The minimum atomic E-state index is -0.162. The van der Waals surface area contributed by atoms with E-state index in [2.05, 4.69) is 21.4 Å². The van der Waals surface area contributed by atoms with E-state index in [4.69, 9.17) is 0 Å². The number of carbonyl (C=O) groups is 1. The van der Waals surface area contributed by atoms with Crippen LogP contribution in [0.25, 0.3) is 10.9 Å². The molecular formula is C17H14N4OS2. The first-order chi connectivity index (χ1) is 11.6. The highest BCUT2D eigenvalue weighted by molar-refractivity contribution is 8.00. The zero-order chi connectivity index (χ0) is 17.1. The molecule has 0 radical (unpaired) electrons. The molecule has 0 aliphatic heterocycles. The molecule has 1 N–H and O–H groups in total. The van der Waals surface area contributed by atoms with E-state index in [1.165, 1.54) is 23.1 Å². The second-order valence-corrected chi connectivity index (χ2v) is 7.05. The summed E-state index contributed by atoms with van der Waals surface area (Å²) in [6.45, 7) is 3.86. The first-order valence-corrected chi connectivity index (χ1v) is 9.08. The number of aromatic nitrogens is 2. The van der Waals surface area contributed by atoms with Crippen molar-refractivity contribution in [3.8, 4) is 6.07 Å². The van der Waals surface area contributed by atoms with Crippen molar-refractivity contribution in [2.75, 3.05) is 11.1 Å². The Balaban J connectivity index is 1.78. The van der Waals surface area contributed by atoms with Crippen LogP contribution in [0.2, 0.25) is 0 Å². The van der Waals surface area contributed by atoms with Crippen LogP contribution >= 0.6 is 23.1 Å². The molecule has 0 aliphatic carbocycles. The SMILES string of the molecule is Cc1csc(NC(=O)CSc2nc3c(C)cccc3cc2C#N)n1. The Labute approximate surface area is 147 Å². The quantitative estimate of drug-likeness (QED) is 0.719. The van der Waals surface area contributed by atoms with Crippen molar-refractivity contribution in [1.29, 1.82) is 5.26 Å². The molecule has 0 saturated heterocycles. The van der Waals surface area contributed by atoms with E-state index in [1.54, 1.807) is 0 Å². The number of rotatable bonds is 4. The molecule has 0 bridgehead atoms. The molecule has 0 saturated carbocycles. The monoisotopic (exact) mass is 354 g/mol. The molecule has 0 fully saturated rings. The van der Waals surface area contributed by atoms with Gasteiger partial charge in [0.05, 0.1) is 22.5 Å². The molecule has 3 aromatic rings. The minimum absolute atomic E-state index is 0.162. The van der Waals surface area contributed by atoms with Crippen molar-refractivity contribution in [3.63, 3.8) is 0 Å². The molecule has 2 aromatic heterocycles. The van der Waals surface area contributed by atoms with Crippen LogP contribution < -0.4 is 5.32 Å². The number of hydrogen-bond donors (Lipinski definition) is 1. The van der Waals surface area contributed by atoms with Gasteiger partial charge in [-0.15, -0.1) is 11.3 Å². The molecule has 0 unspecified atom stereocenters. The van der Waals surface area contributed by atoms with Crippen LogP contribution in [0.3, 0.4) is 0 Å². The third-order valence-electron chi connectivity index (χ3n) is 3.34. The molecule has 5 nitrogen and oxygen atoms in total. The topological polar surface area (TPSA) is 78.7 Å². The summed E-state index contributed by atoms with van der Waals surface area (Å²) >= 11 is 2.65. The third-order valence-corrected chi connectivity index (χ3v) is 5.21. The molecule has 120 valence electrons. The van der Waals surface area contributed by atoms with Gasteiger partial charge >= 0.3 is 0 Å². The molecule has 1 amide bonds. The molecule has 0 aliphatic rings. The highest BCUT2D eigenvalue weighted by atomic mass is 32.2. The molecular weight excluding hydrogens is 340 g/mol. The van der Waals surface area contributed by atoms with Gasteiger partial charge in [0.2, 0.25) is 5.91 Å². The van der Waals surface area contributed by atoms with Crippen LogP contribution in [0.4, 0.5) is 5.13 Å². The number of nitriles is 1. The van der Waals surface area contributed by atoms with Gasteiger partial charge in [-0.25, -0.2) is 9.97 Å². The van der Waals surface area contributed by atoms with Crippen LogP contribution in [-0.4, -0.2) is 21.6 Å². The van der Waals surface area contributed by atoms with Crippen LogP contribution in [0.1, 0.15) is 16.8 Å². The maximum absolute atomic E-state index is 12.0. The number of thioether (sulfide) groups is 1. The second kappa shape index (κ2) is 6.99. The molecule has 3 rings (SSSR count). The number of aryl methyl sites for hydroxylation is 2. The van der Waals surface area contributed by atoms with E-state index in [1.807, 2.05) is 43.5 Å². The van der Waals surface area contributed by atoms with Crippen molar-refractivity contribution >= 4 is 45.0 Å². The number of nitrogens with one attached hydrogen (secondary N) is 1. The van der Waals surface area contributed by atoms with Crippen molar-refractivity contribution in [1.82, 2.24) is 9.97 Å². The first-order valence-electron chi connectivity index (χ1n) is 7.22. The molecule has 7 heteroatoms. The van der Waals surface area contributed by atoms with Gasteiger partial charge in [-0.2, -0.15) is 5.26 Å². The van der Waals surface area contributed by atoms with E-state index in [0.29, 0.717) is 15.7 Å². The summed E-state index contributed by atoms with van der Waals surface area (Å²) < 4.78 is 0. The number of thiazole rings is 1. The highest BCUT2D eigenvalue weighted by Gasteiger charge is 2.12. The summed E-state index contributed by atoms with van der Waals surface area (Å²) in [5.41, 5.74) is 3.26. The maximum atomic E-state index is 12.0. The van der Waals surface area contributed by atoms with E-state index in [9.17, 15) is 10.1 Å². The maximum Gasteiger partial charge on any atom is 0.236 e. The van der Waals surface area contributed by atoms with Gasteiger partial charge in [0, 0.05) is 10.8 Å². The fraction of sp³-hybridized carbons (Fsp3) is 0.176. The number of pyridine rings is 1. The zero-order valence-corrected chi connectivity index (χ0v) is 14.8. The van der Waals surface area contributed by atoms with Gasteiger partial charge in [-0.3, -0.25) is 4.79 Å². The predicted molar refractivity (Wildman–Crippen MR) is 97.4 cm³/mol. The first kappa shape index (κ1) is 16.4. The summed E-state index contributed by atoms with van der Waals surface area (Å²) in [5, 5.41) is 16.1. The van der Waals surface area contributed by atoms with Crippen LogP contribution in [0.5, 0.6) is 0 Å². The van der Waals surface area contributed by atoms with Crippen molar-refractivity contribution < 1.29 is 4.79 Å². The minimum Gasteiger partial charge on any atom is -0.301 e. The van der Waals surface area contributed by atoms with Gasteiger partial charge in [0.15, 0.2) is 5.13 Å². The number of fused-ring (bicyclic) bond motifs is 1. The Morgan fingerprint density at radius 3 is 2.92 bits per heavy atom. The predicted octanol–water partition coefficient (Wildman–Crippen LogP) is 3.91. The summed E-state index contributed by atoms with van der Waals surface area (Å²) in [7, 11) is 0. The number of para-hydroxylation sites is 1. The largest absolute Gasteiger partial charge is 0.301 e. The number of benzene rings is 1. The lowest BCUT2D eigenvalue weighted by atomic mass is 10.1. The van der Waals surface area contributed by atoms with Gasteiger partial charge in [-0.05, 0) is 25.5 Å². The van der Waals surface area contributed by atoms with Crippen molar-refractivity contribution in [2.24, 2.45) is 0 Å². The zero-order valence-electron chi connectivity index (χ0n) is 13.2. The van der Waals surface area contributed by atoms with Gasteiger partial charge in [-0.1, -0.05) is 30.0 Å². The van der Waals surface area contributed by atoms with Crippen LogP contribution in [0.15, 0.2) is 34.7 Å². The van der Waals surface area contributed by atoms with Gasteiger partial charge in [0.1, 0.15) is 11.1 Å². The standard InChI is InChI=1S/C17H14N4OS2/c1-10-4-3-5-12-6-13(7-18)16(21-15(10)12)23-9-14(22)20-17-19-11(2)8-24-17/h3-6,8H,9H2,1-2H3,(H,19,20,22). The lowest BCUT2D eigenvalue weighted by Crippen LogP contribution is -2.14. The number of nitrogens with zero attached hydrogens (tertiary/aromatic N) is 3. The average Bonchev–Trinajstić information content (AvgIpc) is 2.97. The number of amides is 1. The fourth-order valence-electron chi connectivity index (χ4n) is 2.22. The summed E-state index contributed by atoms with van der Waals surface area (Å²) in [5.74, 6) is 0.0162. The summed E-state index contributed by atoms with van der Waals surface area (Å²) in [4.78, 5) is 20.8.